The van der Waals surface area contributed by atoms with Crippen LogP contribution in [0, 0.1) is 17.0 Å². The molecule has 0 fully saturated rings. The summed E-state index contributed by atoms with van der Waals surface area (Å²) in [6.07, 6.45) is -0.567. The third-order valence-corrected chi connectivity index (χ3v) is 4.14. The van der Waals surface area contributed by atoms with Crippen LogP contribution < -0.4 is 14.8 Å². The molecular formula is C21H24N2O7. The van der Waals surface area contributed by atoms with Crippen LogP contribution in [0.15, 0.2) is 42.5 Å². The molecule has 2 aromatic carbocycles. The van der Waals surface area contributed by atoms with Gasteiger partial charge in [0.2, 0.25) is 0 Å². The van der Waals surface area contributed by atoms with Gasteiger partial charge in [-0.25, -0.2) is 0 Å². The Morgan fingerprint density at radius 1 is 1.17 bits per heavy atom. The third-order valence-electron chi connectivity index (χ3n) is 4.14. The lowest BCUT2D eigenvalue weighted by Gasteiger charge is -2.15. The Morgan fingerprint density at radius 3 is 2.50 bits per heavy atom. The lowest BCUT2D eigenvalue weighted by molar-refractivity contribution is -0.384. The number of benzene rings is 2. The summed E-state index contributed by atoms with van der Waals surface area (Å²) in [4.78, 5) is 34.6. The van der Waals surface area contributed by atoms with Crippen molar-refractivity contribution in [2.24, 2.45) is 0 Å². The smallest absolute Gasteiger partial charge is 0.306 e. The maximum Gasteiger partial charge on any atom is 0.306 e. The third kappa shape index (κ3) is 6.77. The Kier molecular flexibility index (Phi) is 8.16. The summed E-state index contributed by atoms with van der Waals surface area (Å²) < 4.78 is 15.8. The second kappa shape index (κ2) is 10.8. The van der Waals surface area contributed by atoms with E-state index in [2.05, 4.69) is 5.32 Å². The summed E-state index contributed by atoms with van der Waals surface area (Å²) in [6.45, 7) is 3.73. The van der Waals surface area contributed by atoms with Crippen molar-refractivity contribution < 1.29 is 28.7 Å². The van der Waals surface area contributed by atoms with E-state index >= 15 is 0 Å². The maximum absolute atomic E-state index is 12.3. The highest BCUT2D eigenvalue weighted by atomic mass is 16.6. The second-order valence-electron chi connectivity index (χ2n) is 6.53. The monoisotopic (exact) mass is 416 g/mol. The van der Waals surface area contributed by atoms with Crippen molar-refractivity contribution in [2.75, 3.05) is 19.0 Å². The Morgan fingerprint density at radius 2 is 1.87 bits per heavy atom. The predicted molar refractivity (Wildman–Crippen MR) is 110 cm³/mol. The molecule has 2 rings (SSSR count). The lowest BCUT2D eigenvalue weighted by atomic mass is 10.2. The molecule has 0 bridgehead atoms. The first kappa shape index (κ1) is 22.7. The van der Waals surface area contributed by atoms with Crippen molar-refractivity contribution in [3.05, 3.63) is 58.1 Å². The van der Waals surface area contributed by atoms with Gasteiger partial charge in [0, 0.05) is 18.6 Å². The van der Waals surface area contributed by atoms with Crippen LogP contribution in [-0.2, 0) is 14.3 Å². The van der Waals surface area contributed by atoms with Crippen LogP contribution in [0.4, 0.5) is 11.4 Å². The normalized spacial score (nSPS) is 11.3. The number of aryl methyl sites for hydroxylation is 1. The number of ether oxygens (including phenoxy) is 3. The summed E-state index contributed by atoms with van der Waals surface area (Å²) in [5.74, 6) is -0.206. The highest BCUT2D eigenvalue weighted by molar-refractivity contribution is 5.96. The molecule has 0 aliphatic rings. The quantitative estimate of drug-likeness (QED) is 0.272. The van der Waals surface area contributed by atoms with E-state index in [0.717, 1.165) is 5.56 Å². The average Bonchev–Trinajstić information content (AvgIpc) is 2.72. The molecule has 2 aromatic rings. The van der Waals surface area contributed by atoms with Gasteiger partial charge in [-0.05, 0) is 38.5 Å². The molecule has 0 aliphatic carbocycles. The first-order valence-electron chi connectivity index (χ1n) is 9.32. The minimum Gasteiger partial charge on any atom is -0.495 e. The Balaban J connectivity index is 1.80. The molecule has 0 aromatic heterocycles. The van der Waals surface area contributed by atoms with Crippen molar-refractivity contribution in [1.29, 1.82) is 0 Å². The molecule has 0 spiro atoms. The summed E-state index contributed by atoms with van der Waals surface area (Å²) >= 11 is 0. The fraction of sp³-hybridized carbons (Fsp3) is 0.333. The number of nitrogens with one attached hydrogen (secondary N) is 1. The van der Waals surface area contributed by atoms with Crippen LogP contribution in [0.1, 0.15) is 25.3 Å². The fourth-order valence-electron chi connectivity index (χ4n) is 2.49. The number of hydrogen-bond acceptors (Lipinski definition) is 7. The zero-order valence-electron chi connectivity index (χ0n) is 17.0. The lowest BCUT2D eigenvalue weighted by Crippen LogP contribution is -2.30. The number of nitrogens with zero attached hydrogens (tertiary/aromatic N) is 1. The van der Waals surface area contributed by atoms with Crippen LogP contribution in [-0.4, -0.2) is 36.6 Å². The van der Waals surface area contributed by atoms with Crippen LogP contribution in [0.5, 0.6) is 11.5 Å². The van der Waals surface area contributed by atoms with E-state index in [-0.39, 0.29) is 23.5 Å². The van der Waals surface area contributed by atoms with Crippen molar-refractivity contribution in [1.82, 2.24) is 0 Å². The van der Waals surface area contributed by atoms with E-state index in [1.165, 1.54) is 32.2 Å². The largest absolute Gasteiger partial charge is 0.495 e. The van der Waals surface area contributed by atoms with E-state index in [0.29, 0.717) is 18.8 Å². The first-order valence-corrected chi connectivity index (χ1v) is 9.32. The molecule has 9 nitrogen and oxygen atoms in total. The number of non-ortho nitro benzene ring substituents is 1. The highest BCUT2D eigenvalue weighted by Gasteiger charge is 2.20. The van der Waals surface area contributed by atoms with Gasteiger partial charge in [-0.3, -0.25) is 19.7 Å². The molecule has 160 valence electrons. The topological polar surface area (TPSA) is 117 Å². The molecule has 0 unspecified atom stereocenters. The molecule has 1 N–H and O–H groups in total. The second-order valence-corrected chi connectivity index (χ2v) is 6.53. The summed E-state index contributed by atoms with van der Waals surface area (Å²) in [5, 5.41) is 13.4. The Bertz CT molecular complexity index is 897. The standard InChI is InChI=1S/C21H24N2O7/c1-14-6-9-17(10-7-14)29-12-4-5-20(24)30-15(2)21(25)22-18-13-16(23(26)27)8-11-19(18)28-3/h6-11,13,15H,4-5,12H2,1-3H3,(H,22,25)/t15-/m1/s1. The van der Waals surface area contributed by atoms with E-state index in [4.69, 9.17) is 14.2 Å². The first-order chi connectivity index (χ1) is 14.3. The number of amides is 1. The highest BCUT2D eigenvalue weighted by Crippen LogP contribution is 2.29. The van der Waals surface area contributed by atoms with Crippen LogP contribution in [0.2, 0.25) is 0 Å². The number of anilines is 1. The Labute approximate surface area is 174 Å². The summed E-state index contributed by atoms with van der Waals surface area (Å²) in [7, 11) is 1.37. The zero-order chi connectivity index (χ0) is 22.1. The summed E-state index contributed by atoms with van der Waals surface area (Å²) in [6, 6.07) is 11.4. The molecule has 0 saturated heterocycles. The van der Waals surface area contributed by atoms with Crippen LogP contribution in [0.25, 0.3) is 0 Å². The number of nitro benzene ring substituents is 1. The minimum absolute atomic E-state index is 0.0869. The van der Waals surface area contributed by atoms with Gasteiger partial charge < -0.3 is 19.5 Å². The molecule has 9 heteroatoms. The van der Waals surface area contributed by atoms with Gasteiger partial charge in [-0.15, -0.1) is 0 Å². The average molecular weight is 416 g/mol. The van der Waals surface area contributed by atoms with E-state index in [1.807, 2.05) is 31.2 Å². The number of carbonyl (C=O) groups excluding carboxylic acids is 2. The Hall–Kier alpha value is -3.62. The predicted octanol–water partition coefficient (Wildman–Crippen LogP) is 3.64. The van der Waals surface area contributed by atoms with Crippen LogP contribution in [0.3, 0.4) is 0 Å². The van der Waals surface area contributed by atoms with E-state index in [1.54, 1.807) is 0 Å². The van der Waals surface area contributed by atoms with Crippen molar-refractivity contribution in [3.8, 4) is 11.5 Å². The van der Waals surface area contributed by atoms with Crippen molar-refractivity contribution >= 4 is 23.3 Å². The molecule has 30 heavy (non-hydrogen) atoms. The minimum atomic E-state index is -1.08. The van der Waals surface area contributed by atoms with Gasteiger partial charge in [-0.1, -0.05) is 17.7 Å². The molecule has 0 radical (unpaired) electrons. The van der Waals surface area contributed by atoms with E-state index < -0.39 is 22.9 Å². The SMILES string of the molecule is COc1ccc([N+](=O)[O-])cc1NC(=O)[C@@H](C)OC(=O)CCCOc1ccc(C)cc1. The van der Waals surface area contributed by atoms with Gasteiger partial charge >= 0.3 is 5.97 Å². The fourth-order valence-corrected chi connectivity index (χ4v) is 2.49. The number of rotatable bonds is 10. The molecule has 0 aliphatic heterocycles. The number of methoxy groups -OCH3 is 1. The number of nitro groups is 1. The van der Waals surface area contributed by atoms with Crippen molar-refractivity contribution in [3.63, 3.8) is 0 Å². The molecule has 0 heterocycles. The molecule has 1 amide bonds. The van der Waals surface area contributed by atoms with Gasteiger partial charge in [0.1, 0.15) is 11.5 Å². The van der Waals surface area contributed by atoms with Crippen LogP contribution >= 0.6 is 0 Å². The van der Waals surface area contributed by atoms with Gasteiger partial charge in [0.15, 0.2) is 6.10 Å². The number of esters is 1. The van der Waals surface area contributed by atoms with Crippen molar-refractivity contribution in [2.45, 2.75) is 32.8 Å². The van der Waals surface area contributed by atoms with Gasteiger partial charge in [-0.2, -0.15) is 0 Å². The zero-order valence-corrected chi connectivity index (χ0v) is 17.0. The number of hydrogen-bond donors (Lipinski definition) is 1. The maximum atomic E-state index is 12.3. The van der Waals surface area contributed by atoms with Gasteiger partial charge in [0.05, 0.1) is 24.3 Å². The molecular weight excluding hydrogens is 392 g/mol. The molecule has 0 saturated carbocycles. The number of carbonyl (C=O) groups is 2. The van der Waals surface area contributed by atoms with E-state index in [9.17, 15) is 19.7 Å². The summed E-state index contributed by atoms with van der Waals surface area (Å²) in [5.41, 5.74) is 1.04. The molecule has 1 atom stereocenters. The van der Waals surface area contributed by atoms with Gasteiger partial charge in [0.25, 0.3) is 11.6 Å².